The van der Waals surface area contributed by atoms with Gasteiger partial charge in [-0.25, -0.2) is 0 Å². The Morgan fingerprint density at radius 1 is 1.25 bits per heavy atom. The van der Waals surface area contributed by atoms with Crippen LogP contribution < -0.4 is 0 Å². The summed E-state index contributed by atoms with van der Waals surface area (Å²) in [5.41, 5.74) is 0. The molecule has 0 aromatic rings. The van der Waals surface area contributed by atoms with E-state index in [9.17, 15) is 4.79 Å². The van der Waals surface area contributed by atoms with Crippen LogP contribution in [-0.4, -0.2) is 32.7 Å². The number of carbonyl (C=O) groups excluding carboxylic acids is 1. The first-order valence-corrected chi connectivity index (χ1v) is 18.4. The average Bonchev–Trinajstić information content (AvgIpc) is 1.77. The number of carbonyl (C=O) groups is 1. The summed E-state index contributed by atoms with van der Waals surface area (Å²) in [6.45, 7) is 7.18. The Bertz CT molecular complexity index is 141. The van der Waals surface area contributed by atoms with Gasteiger partial charge in [-0.15, -0.1) is 0 Å². The molecular formula is C9H22OSiSn. The van der Waals surface area contributed by atoms with Gasteiger partial charge in [0.25, 0.3) is 0 Å². The molecule has 0 radical (unpaired) electrons. The molecule has 72 valence electrons. The molecule has 0 amide bonds. The second-order valence-corrected chi connectivity index (χ2v) is 28.3. The van der Waals surface area contributed by atoms with E-state index in [0.29, 0.717) is 0 Å². The Morgan fingerprint density at radius 3 is 1.75 bits per heavy atom. The van der Waals surface area contributed by atoms with Gasteiger partial charge in [-0.05, 0) is 0 Å². The molecule has 0 saturated heterocycles. The van der Waals surface area contributed by atoms with Crippen molar-refractivity contribution in [1.29, 1.82) is 0 Å². The topological polar surface area (TPSA) is 17.1 Å². The van der Waals surface area contributed by atoms with E-state index in [2.05, 4.69) is 34.5 Å². The Hall–Kier alpha value is 0.686. The molecule has 0 aromatic heterocycles. The van der Waals surface area contributed by atoms with Crippen molar-refractivity contribution in [1.82, 2.24) is 0 Å². The first kappa shape index (κ1) is 12.7. The summed E-state index contributed by atoms with van der Waals surface area (Å²) in [6, 6.07) is 0. The van der Waals surface area contributed by atoms with Gasteiger partial charge in [0, 0.05) is 0 Å². The maximum atomic E-state index is 10.6. The molecular weight excluding hydrogens is 271 g/mol. The molecule has 0 saturated carbocycles. The van der Waals surface area contributed by atoms with Crippen LogP contribution in [0, 0.1) is 0 Å². The predicted octanol–water partition coefficient (Wildman–Crippen LogP) is 3.16. The summed E-state index contributed by atoms with van der Waals surface area (Å²) in [4.78, 5) is 17.9. The van der Waals surface area contributed by atoms with Crippen LogP contribution >= 0.6 is 0 Å². The van der Waals surface area contributed by atoms with Gasteiger partial charge in [0.05, 0.1) is 0 Å². The monoisotopic (exact) mass is 294 g/mol. The Balaban J connectivity index is 4.56. The van der Waals surface area contributed by atoms with Gasteiger partial charge < -0.3 is 0 Å². The summed E-state index contributed by atoms with van der Waals surface area (Å²) < 4.78 is 0.810. The fourth-order valence-corrected chi connectivity index (χ4v) is 30.0. The average molecular weight is 293 g/mol. The number of rotatable bonds is 4. The van der Waals surface area contributed by atoms with Crippen LogP contribution in [0.2, 0.25) is 38.0 Å². The molecule has 0 heterocycles. The first-order valence-electron chi connectivity index (χ1n) is 4.63. The van der Waals surface area contributed by atoms with Gasteiger partial charge in [-0.1, -0.05) is 0 Å². The summed E-state index contributed by atoms with van der Waals surface area (Å²) in [7, 11) is -1.08. The Morgan fingerprint density at radius 2 is 1.67 bits per heavy atom. The third kappa shape index (κ3) is 4.07. The number of hydrogen-bond acceptors (Lipinski definition) is 1. The van der Waals surface area contributed by atoms with E-state index in [4.69, 9.17) is 0 Å². The third-order valence-electron chi connectivity index (χ3n) is 2.42. The van der Waals surface area contributed by atoms with Crippen molar-refractivity contribution in [3.8, 4) is 0 Å². The molecule has 1 atom stereocenters. The van der Waals surface area contributed by atoms with Crippen LogP contribution in [-0.2, 0) is 4.79 Å². The van der Waals surface area contributed by atoms with Crippen LogP contribution in [0.3, 0.4) is 0 Å². The van der Waals surface area contributed by atoms with Crippen molar-refractivity contribution in [2.75, 3.05) is 0 Å². The fourth-order valence-electron chi connectivity index (χ4n) is 2.10. The molecule has 0 bridgehead atoms. The zero-order valence-corrected chi connectivity index (χ0v) is 13.1. The molecule has 3 heteroatoms. The molecule has 0 rings (SSSR count). The Labute approximate surface area is 81.8 Å². The van der Waals surface area contributed by atoms with Gasteiger partial charge in [0.15, 0.2) is 0 Å². The molecule has 0 fully saturated rings. The van der Waals surface area contributed by atoms with Crippen LogP contribution in [0.5, 0.6) is 0 Å². The quantitative estimate of drug-likeness (QED) is 0.575. The van der Waals surface area contributed by atoms with E-state index in [-0.39, 0.29) is 0 Å². The molecule has 0 N–H and O–H groups in total. The minimum absolute atomic E-state index is 0.810. The third-order valence-corrected chi connectivity index (χ3v) is 24.6. The second kappa shape index (κ2) is 4.27. The van der Waals surface area contributed by atoms with E-state index in [0.717, 1.165) is 16.3 Å². The van der Waals surface area contributed by atoms with Crippen molar-refractivity contribution in [2.45, 2.75) is 44.4 Å². The SMILES string of the molecule is C[Si](C)(C)[CH](CC=O)[Sn]([CH3])([CH3])[CH3]. The standard InChI is InChI=1S/C6H13OSi.3CH3.Sn/c1-8(2,3)6-4-5-7;;;;/h5-6H,4H2,1-3H3;3*1H3;. The van der Waals surface area contributed by atoms with E-state index in [1.54, 1.807) is 0 Å². The second-order valence-electron chi connectivity index (χ2n) is 5.69. The van der Waals surface area contributed by atoms with Gasteiger partial charge in [-0.2, -0.15) is 0 Å². The summed E-state index contributed by atoms with van der Waals surface area (Å²) >= 11 is -1.83. The van der Waals surface area contributed by atoms with E-state index >= 15 is 0 Å². The van der Waals surface area contributed by atoms with E-state index in [1.165, 1.54) is 0 Å². The first-order chi connectivity index (χ1) is 5.19. The van der Waals surface area contributed by atoms with Crippen LogP contribution in [0.4, 0.5) is 0 Å². The number of hydrogen-bond donors (Lipinski definition) is 0. The van der Waals surface area contributed by atoms with Crippen LogP contribution in [0.25, 0.3) is 0 Å². The summed E-state index contributed by atoms with van der Waals surface area (Å²) in [6.07, 6.45) is 1.96. The van der Waals surface area contributed by atoms with Crippen LogP contribution in [0.15, 0.2) is 0 Å². The van der Waals surface area contributed by atoms with Crippen molar-refractivity contribution in [3.63, 3.8) is 0 Å². The van der Waals surface area contributed by atoms with E-state index in [1.807, 2.05) is 0 Å². The molecule has 1 nitrogen and oxygen atoms in total. The molecule has 0 aliphatic heterocycles. The normalized spacial score (nSPS) is 15.8. The zero-order valence-electron chi connectivity index (χ0n) is 9.27. The molecule has 12 heavy (non-hydrogen) atoms. The van der Waals surface area contributed by atoms with Crippen molar-refractivity contribution < 1.29 is 4.79 Å². The molecule has 0 aromatic carbocycles. The maximum absolute atomic E-state index is 10.6. The van der Waals surface area contributed by atoms with Crippen molar-refractivity contribution in [3.05, 3.63) is 0 Å². The molecule has 1 unspecified atom stereocenters. The molecule has 0 spiro atoms. The summed E-state index contributed by atoms with van der Waals surface area (Å²) in [5.74, 6) is 0. The Kier molecular flexibility index (Phi) is 4.51. The van der Waals surface area contributed by atoms with Crippen molar-refractivity contribution in [2.24, 2.45) is 0 Å². The van der Waals surface area contributed by atoms with Gasteiger partial charge in [0.2, 0.25) is 0 Å². The summed E-state index contributed by atoms with van der Waals surface area (Å²) in [5, 5.41) is 0. The van der Waals surface area contributed by atoms with Gasteiger partial charge in [-0.3, -0.25) is 0 Å². The van der Waals surface area contributed by atoms with E-state index < -0.39 is 26.5 Å². The molecule has 0 aliphatic carbocycles. The predicted molar refractivity (Wildman–Crippen MR) is 61.1 cm³/mol. The zero-order chi connectivity index (χ0) is 9.99. The van der Waals surface area contributed by atoms with Gasteiger partial charge >= 0.3 is 82.0 Å². The minimum atomic E-state index is -1.83. The number of aldehydes is 1. The van der Waals surface area contributed by atoms with Crippen LogP contribution in [0.1, 0.15) is 6.42 Å². The molecule has 0 aliphatic rings. The fraction of sp³-hybridized carbons (Fsp3) is 0.889. The van der Waals surface area contributed by atoms with Crippen molar-refractivity contribution >= 4 is 32.7 Å². The van der Waals surface area contributed by atoms with Gasteiger partial charge in [0.1, 0.15) is 0 Å².